The average Bonchev–Trinajstić information content (AvgIpc) is 3.21. The topological polar surface area (TPSA) is 71.8 Å². The quantitative estimate of drug-likeness (QED) is 0.576. The first kappa shape index (κ1) is 22.0. The molecule has 2 heterocycles. The van der Waals surface area contributed by atoms with Crippen LogP contribution in [-0.4, -0.2) is 70.7 Å². The van der Waals surface area contributed by atoms with E-state index in [1.165, 1.54) is 5.56 Å². The SMILES string of the molecule is CCn1cc(CNCc2ccc(OCC(O)CN3CCSCC3)c(OC)c2)cn1. The highest BCUT2D eigenvalue weighted by Gasteiger charge is 2.16. The molecule has 1 aliphatic rings. The minimum atomic E-state index is -0.506. The van der Waals surface area contributed by atoms with Crippen LogP contribution in [0.25, 0.3) is 0 Å². The third kappa shape index (κ3) is 6.92. The number of aryl methyl sites for hydroxylation is 1. The molecule has 0 radical (unpaired) electrons. The van der Waals surface area contributed by atoms with Crippen molar-refractivity contribution in [3.63, 3.8) is 0 Å². The molecule has 1 fully saturated rings. The van der Waals surface area contributed by atoms with Crippen LogP contribution in [0.5, 0.6) is 11.5 Å². The zero-order valence-corrected chi connectivity index (χ0v) is 18.2. The normalized spacial score (nSPS) is 16.0. The lowest BCUT2D eigenvalue weighted by Crippen LogP contribution is -2.40. The fraction of sp³-hybridized carbons (Fsp3) is 0.571. The van der Waals surface area contributed by atoms with E-state index in [1.54, 1.807) is 7.11 Å². The van der Waals surface area contributed by atoms with Gasteiger partial charge in [0, 0.05) is 62.5 Å². The van der Waals surface area contributed by atoms with Crippen molar-refractivity contribution >= 4 is 11.8 Å². The number of β-amino-alcohol motifs (C(OH)–C–C–N with tert-alkyl or cyclic N) is 1. The molecule has 3 rings (SSSR count). The molecule has 1 saturated heterocycles. The predicted molar refractivity (Wildman–Crippen MR) is 117 cm³/mol. The minimum Gasteiger partial charge on any atom is -0.493 e. The van der Waals surface area contributed by atoms with E-state index in [-0.39, 0.29) is 6.61 Å². The second-order valence-corrected chi connectivity index (χ2v) is 8.40. The summed E-state index contributed by atoms with van der Waals surface area (Å²) >= 11 is 1.97. The van der Waals surface area contributed by atoms with Crippen LogP contribution in [0.2, 0.25) is 0 Å². The van der Waals surface area contributed by atoms with Gasteiger partial charge >= 0.3 is 0 Å². The molecule has 1 unspecified atom stereocenters. The molecule has 8 heteroatoms. The summed E-state index contributed by atoms with van der Waals surface area (Å²) in [6.07, 6.45) is 3.44. The number of hydrogen-bond donors (Lipinski definition) is 2. The first-order valence-corrected chi connectivity index (χ1v) is 11.3. The lowest BCUT2D eigenvalue weighted by Gasteiger charge is -2.28. The van der Waals surface area contributed by atoms with Gasteiger partial charge in [-0.15, -0.1) is 0 Å². The van der Waals surface area contributed by atoms with Crippen molar-refractivity contribution in [3.05, 3.63) is 41.7 Å². The Labute approximate surface area is 177 Å². The number of benzene rings is 1. The van der Waals surface area contributed by atoms with Gasteiger partial charge in [0.05, 0.1) is 13.3 Å². The van der Waals surface area contributed by atoms with Gasteiger partial charge in [0.2, 0.25) is 0 Å². The number of ether oxygens (including phenoxy) is 2. The number of thioether (sulfide) groups is 1. The fourth-order valence-corrected chi connectivity index (χ4v) is 4.26. The number of rotatable bonds is 11. The molecule has 160 valence electrons. The van der Waals surface area contributed by atoms with Crippen molar-refractivity contribution in [1.29, 1.82) is 0 Å². The van der Waals surface area contributed by atoms with Gasteiger partial charge in [0.1, 0.15) is 12.7 Å². The van der Waals surface area contributed by atoms with E-state index in [0.29, 0.717) is 18.0 Å². The van der Waals surface area contributed by atoms with Crippen LogP contribution >= 0.6 is 11.8 Å². The number of aliphatic hydroxyl groups is 1. The standard InChI is InChI=1S/C21H32N4O3S/c1-3-25-14-18(13-23-25)12-22-11-17-4-5-20(21(10-17)27-2)28-16-19(26)15-24-6-8-29-9-7-24/h4-5,10,13-14,19,22,26H,3,6-9,11-12,15-16H2,1-2H3. The van der Waals surface area contributed by atoms with Crippen LogP contribution in [-0.2, 0) is 19.6 Å². The number of nitrogens with zero attached hydrogens (tertiary/aromatic N) is 3. The molecule has 0 bridgehead atoms. The lowest BCUT2D eigenvalue weighted by molar-refractivity contribution is 0.0705. The Bertz CT molecular complexity index is 749. The maximum absolute atomic E-state index is 10.3. The van der Waals surface area contributed by atoms with Crippen molar-refractivity contribution in [3.8, 4) is 11.5 Å². The van der Waals surface area contributed by atoms with Crippen LogP contribution in [0.4, 0.5) is 0 Å². The van der Waals surface area contributed by atoms with E-state index in [2.05, 4.69) is 28.4 Å². The molecule has 7 nitrogen and oxygen atoms in total. The molecule has 1 aromatic heterocycles. The van der Waals surface area contributed by atoms with Crippen LogP contribution in [0.3, 0.4) is 0 Å². The molecule has 2 aromatic rings. The number of nitrogens with one attached hydrogen (secondary N) is 1. The molecular formula is C21H32N4O3S. The lowest BCUT2D eigenvalue weighted by atomic mass is 10.2. The van der Waals surface area contributed by atoms with Crippen molar-refractivity contribution in [1.82, 2.24) is 20.0 Å². The average molecular weight is 421 g/mol. The third-order valence-electron chi connectivity index (χ3n) is 4.90. The number of hydrogen-bond acceptors (Lipinski definition) is 7. The summed E-state index contributed by atoms with van der Waals surface area (Å²) in [6.45, 7) is 7.43. The van der Waals surface area contributed by atoms with Crippen LogP contribution in [0.15, 0.2) is 30.6 Å². The number of methoxy groups -OCH3 is 1. The summed E-state index contributed by atoms with van der Waals surface area (Å²) in [7, 11) is 1.64. The van der Waals surface area contributed by atoms with E-state index in [9.17, 15) is 5.11 Å². The van der Waals surface area contributed by atoms with Gasteiger partial charge in [0.25, 0.3) is 0 Å². The maximum Gasteiger partial charge on any atom is 0.161 e. The zero-order valence-electron chi connectivity index (χ0n) is 17.3. The first-order valence-electron chi connectivity index (χ1n) is 10.2. The summed E-state index contributed by atoms with van der Waals surface area (Å²) in [5.74, 6) is 3.62. The highest BCUT2D eigenvalue weighted by atomic mass is 32.2. The van der Waals surface area contributed by atoms with Crippen LogP contribution in [0.1, 0.15) is 18.1 Å². The summed E-state index contributed by atoms with van der Waals surface area (Å²) in [4.78, 5) is 2.29. The monoisotopic (exact) mass is 420 g/mol. The molecule has 1 aliphatic heterocycles. The maximum atomic E-state index is 10.3. The first-order chi connectivity index (χ1) is 14.2. The van der Waals surface area contributed by atoms with Gasteiger partial charge in [-0.3, -0.25) is 9.58 Å². The van der Waals surface area contributed by atoms with E-state index in [0.717, 1.165) is 49.8 Å². The second kappa shape index (κ2) is 11.4. The zero-order chi connectivity index (χ0) is 20.5. The molecule has 0 saturated carbocycles. The summed E-state index contributed by atoms with van der Waals surface area (Å²) < 4.78 is 13.2. The summed E-state index contributed by atoms with van der Waals surface area (Å²) in [6, 6.07) is 5.91. The Morgan fingerprint density at radius 3 is 2.72 bits per heavy atom. The van der Waals surface area contributed by atoms with Crippen molar-refractivity contribution in [2.45, 2.75) is 32.7 Å². The Kier molecular flexibility index (Phi) is 8.67. The highest BCUT2D eigenvalue weighted by molar-refractivity contribution is 7.99. The predicted octanol–water partition coefficient (Wildman–Crippen LogP) is 1.99. The van der Waals surface area contributed by atoms with Gasteiger partial charge in [-0.1, -0.05) is 6.07 Å². The molecule has 1 aromatic carbocycles. The fourth-order valence-electron chi connectivity index (χ4n) is 3.28. The van der Waals surface area contributed by atoms with Crippen molar-refractivity contribution in [2.75, 3.05) is 44.9 Å². The Hall–Kier alpha value is -1.74. The summed E-state index contributed by atoms with van der Waals surface area (Å²) in [5, 5.41) is 18.0. The molecular weight excluding hydrogens is 388 g/mol. The molecule has 1 atom stereocenters. The molecule has 0 amide bonds. The van der Waals surface area contributed by atoms with Gasteiger partial charge in [-0.05, 0) is 24.6 Å². The van der Waals surface area contributed by atoms with Crippen molar-refractivity contribution < 1.29 is 14.6 Å². The van der Waals surface area contributed by atoms with Crippen LogP contribution in [0, 0.1) is 0 Å². The Morgan fingerprint density at radius 1 is 1.21 bits per heavy atom. The second-order valence-electron chi connectivity index (χ2n) is 7.17. The largest absolute Gasteiger partial charge is 0.493 e. The van der Waals surface area contributed by atoms with Gasteiger partial charge in [0.15, 0.2) is 11.5 Å². The van der Waals surface area contributed by atoms with E-state index in [4.69, 9.17) is 9.47 Å². The van der Waals surface area contributed by atoms with Gasteiger partial charge < -0.3 is 19.9 Å². The van der Waals surface area contributed by atoms with Crippen molar-refractivity contribution in [2.24, 2.45) is 0 Å². The van der Waals surface area contributed by atoms with E-state index >= 15 is 0 Å². The summed E-state index contributed by atoms with van der Waals surface area (Å²) in [5.41, 5.74) is 2.28. The molecule has 2 N–H and O–H groups in total. The Balaban J connectivity index is 1.46. The van der Waals surface area contributed by atoms with Gasteiger partial charge in [-0.25, -0.2) is 0 Å². The molecule has 29 heavy (non-hydrogen) atoms. The highest BCUT2D eigenvalue weighted by Crippen LogP contribution is 2.28. The van der Waals surface area contributed by atoms with E-state index < -0.39 is 6.10 Å². The van der Waals surface area contributed by atoms with Crippen LogP contribution < -0.4 is 14.8 Å². The third-order valence-corrected chi connectivity index (χ3v) is 5.84. The van der Waals surface area contributed by atoms with E-state index in [1.807, 2.05) is 40.8 Å². The minimum absolute atomic E-state index is 0.263. The number of aromatic nitrogens is 2. The number of aliphatic hydroxyl groups excluding tert-OH is 1. The smallest absolute Gasteiger partial charge is 0.161 e. The van der Waals surface area contributed by atoms with Gasteiger partial charge in [-0.2, -0.15) is 16.9 Å². The Morgan fingerprint density at radius 2 is 2.00 bits per heavy atom. The molecule has 0 aliphatic carbocycles. The molecule has 0 spiro atoms.